The summed E-state index contributed by atoms with van der Waals surface area (Å²) in [5, 5.41) is 2.92. The Kier molecular flexibility index (Phi) is 4.81. The molecule has 0 aromatic heterocycles. The van der Waals surface area contributed by atoms with E-state index >= 15 is 0 Å². The Labute approximate surface area is 115 Å². The molecule has 0 bridgehead atoms. The standard InChI is InChI=1S/C15H24N2O2/c1-10(15(2,3)4)9-17-14(18)13-11(16)7-6-8-12(13)19-5/h6-8,10H,9,16H2,1-5H3,(H,17,18). The molecule has 0 radical (unpaired) electrons. The Morgan fingerprint density at radius 3 is 2.58 bits per heavy atom. The van der Waals surface area contributed by atoms with Gasteiger partial charge in [-0.3, -0.25) is 4.79 Å². The summed E-state index contributed by atoms with van der Waals surface area (Å²) in [6.07, 6.45) is 0. The van der Waals surface area contributed by atoms with Crippen LogP contribution in [0.25, 0.3) is 0 Å². The summed E-state index contributed by atoms with van der Waals surface area (Å²) in [5.74, 6) is 0.680. The van der Waals surface area contributed by atoms with Gasteiger partial charge in [-0.2, -0.15) is 0 Å². The highest BCUT2D eigenvalue weighted by atomic mass is 16.5. The molecule has 0 heterocycles. The van der Waals surface area contributed by atoms with Gasteiger partial charge in [-0.1, -0.05) is 33.8 Å². The molecule has 106 valence electrons. The largest absolute Gasteiger partial charge is 0.496 e. The van der Waals surface area contributed by atoms with Crippen LogP contribution in [0.2, 0.25) is 0 Å². The predicted molar refractivity (Wildman–Crippen MR) is 78.4 cm³/mol. The van der Waals surface area contributed by atoms with E-state index in [-0.39, 0.29) is 11.3 Å². The van der Waals surface area contributed by atoms with Crippen molar-refractivity contribution in [3.05, 3.63) is 23.8 Å². The minimum Gasteiger partial charge on any atom is -0.496 e. The SMILES string of the molecule is COc1cccc(N)c1C(=O)NCC(C)C(C)(C)C. The van der Waals surface area contributed by atoms with Crippen molar-refractivity contribution in [1.82, 2.24) is 5.32 Å². The number of rotatable bonds is 4. The van der Waals surface area contributed by atoms with Crippen molar-refractivity contribution in [2.24, 2.45) is 11.3 Å². The van der Waals surface area contributed by atoms with Gasteiger partial charge < -0.3 is 15.8 Å². The summed E-state index contributed by atoms with van der Waals surface area (Å²) in [6.45, 7) is 9.19. The average Bonchev–Trinajstić information content (AvgIpc) is 2.33. The van der Waals surface area contributed by atoms with Gasteiger partial charge in [0.2, 0.25) is 0 Å². The van der Waals surface area contributed by atoms with Gasteiger partial charge in [0.25, 0.3) is 5.91 Å². The maximum atomic E-state index is 12.2. The number of nitrogens with one attached hydrogen (secondary N) is 1. The van der Waals surface area contributed by atoms with Gasteiger partial charge in [-0.05, 0) is 23.5 Å². The Bertz CT molecular complexity index is 450. The number of amides is 1. The van der Waals surface area contributed by atoms with Crippen LogP contribution in [0.5, 0.6) is 5.75 Å². The fourth-order valence-corrected chi connectivity index (χ4v) is 1.60. The predicted octanol–water partition coefficient (Wildman–Crippen LogP) is 2.69. The third kappa shape index (κ3) is 3.88. The van der Waals surface area contributed by atoms with Crippen LogP contribution in [-0.2, 0) is 0 Å². The van der Waals surface area contributed by atoms with Crippen molar-refractivity contribution in [3.8, 4) is 5.75 Å². The summed E-state index contributed by atoms with van der Waals surface area (Å²) in [7, 11) is 1.53. The number of benzene rings is 1. The van der Waals surface area contributed by atoms with Crippen molar-refractivity contribution in [3.63, 3.8) is 0 Å². The average molecular weight is 264 g/mol. The summed E-state index contributed by atoms with van der Waals surface area (Å²) >= 11 is 0. The van der Waals surface area contributed by atoms with Gasteiger partial charge in [-0.15, -0.1) is 0 Å². The van der Waals surface area contributed by atoms with Crippen LogP contribution in [0.3, 0.4) is 0 Å². The lowest BCUT2D eigenvalue weighted by Gasteiger charge is -2.27. The topological polar surface area (TPSA) is 64.3 Å². The Hall–Kier alpha value is -1.71. The van der Waals surface area contributed by atoms with Gasteiger partial charge in [0.05, 0.1) is 7.11 Å². The van der Waals surface area contributed by atoms with E-state index in [1.165, 1.54) is 7.11 Å². The highest BCUT2D eigenvalue weighted by Gasteiger charge is 2.22. The van der Waals surface area contributed by atoms with Crippen molar-refractivity contribution < 1.29 is 9.53 Å². The molecule has 0 aliphatic heterocycles. The smallest absolute Gasteiger partial charge is 0.257 e. The van der Waals surface area contributed by atoms with Crippen LogP contribution in [-0.4, -0.2) is 19.6 Å². The maximum Gasteiger partial charge on any atom is 0.257 e. The summed E-state index contributed by atoms with van der Waals surface area (Å²) in [4.78, 5) is 12.2. The molecule has 1 aromatic rings. The molecule has 0 saturated heterocycles. The molecule has 1 rings (SSSR count). The maximum absolute atomic E-state index is 12.2. The number of nitrogen functional groups attached to an aromatic ring is 1. The van der Waals surface area contributed by atoms with Crippen molar-refractivity contribution in [2.45, 2.75) is 27.7 Å². The van der Waals surface area contributed by atoms with Crippen LogP contribution >= 0.6 is 0 Å². The Morgan fingerprint density at radius 1 is 1.42 bits per heavy atom. The van der Waals surface area contributed by atoms with E-state index in [4.69, 9.17) is 10.5 Å². The first kappa shape index (κ1) is 15.3. The van der Waals surface area contributed by atoms with E-state index in [1.807, 2.05) is 0 Å². The zero-order valence-corrected chi connectivity index (χ0v) is 12.4. The number of hydrogen-bond acceptors (Lipinski definition) is 3. The molecule has 4 heteroatoms. The van der Waals surface area contributed by atoms with E-state index in [9.17, 15) is 4.79 Å². The second kappa shape index (κ2) is 5.95. The van der Waals surface area contributed by atoms with Crippen LogP contribution in [0.15, 0.2) is 18.2 Å². The number of nitrogens with two attached hydrogens (primary N) is 1. The first-order valence-corrected chi connectivity index (χ1v) is 6.48. The van der Waals surface area contributed by atoms with Gasteiger partial charge >= 0.3 is 0 Å². The fraction of sp³-hybridized carbons (Fsp3) is 0.533. The molecule has 4 nitrogen and oxygen atoms in total. The molecule has 0 aliphatic carbocycles. The molecule has 1 unspecified atom stereocenters. The van der Waals surface area contributed by atoms with E-state index in [2.05, 4.69) is 33.0 Å². The van der Waals surface area contributed by atoms with Gasteiger partial charge in [0.1, 0.15) is 11.3 Å². The third-order valence-corrected chi connectivity index (χ3v) is 3.55. The quantitative estimate of drug-likeness (QED) is 0.822. The monoisotopic (exact) mass is 264 g/mol. The summed E-state index contributed by atoms with van der Waals surface area (Å²) in [5.41, 5.74) is 6.84. The molecule has 1 aromatic carbocycles. The lowest BCUT2D eigenvalue weighted by Crippen LogP contribution is -2.34. The number of hydrogen-bond donors (Lipinski definition) is 2. The molecule has 1 amide bonds. The number of carbonyl (C=O) groups is 1. The lowest BCUT2D eigenvalue weighted by molar-refractivity contribution is 0.0935. The van der Waals surface area contributed by atoms with Crippen LogP contribution in [0, 0.1) is 11.3 Å². The first-order valence-electron chi connectivity index (χ1n) is 6.48. The molecular formula is C15H24N2O2. The minimum atomic E-state index is -0.189. The fourth-order valence-electron chi connectivity index (χ4n) is 1.60. The normalized spacial score (nSPS) is 12.9. The molecule has 0 spiro atoms. The van der Waals surface area contributed by atoms with Crippen molar-refractivity contribution in [2.75, 3.05) is 19.4 Å². The van der Waals surface area contributed by atoms with Crippen molar-refractivity contribution in [1.29, 1.82) is 0 Å². The molecule has 3 N–H and O–H groups in total. The number of carbonyl (C=O) groups excluding carboxylic acids is 1. The summed E-state index contributed by atoms with van der Waals surface area (Å²) < 4.78 is 5.18. The second-order valence-electron chi connectivity index (χ2n) is 5.90. The van der Waals surface area contributed by atoms with E-state index in [0.717, 1.165) is 0 Å². The highest BCUT2D eigenvalue weighted by Crippen LogP contribution is 2.26. The molecule has 1 atom stereocenters. The molecule has 19 heavy (non-hydrogen) atoms. The van der Waals surface area contributed by atoms with E-state index in [0.29, 0.717) is 29.5 Å². The second-order valence-corrected chi connectivity index (χ2v) is 5.90. The minimum absolute atomic E-state index is 0.152. The summed E-state index contributed by atoms with van der Waals surface area (Å²) in [6, 6.07) is 5.20. The number of anilines is 1. The van der Waals surface area contributed by atoms with E-state index < -0.39 is 0 Å². The Balaban J connectivity index is 2.80. The Morgan fingerprint density at radius 2 is 2.05 bits per heavy atom. The molecule has 0 fully saturated rings. The van der Waals surface area contributed by atoms with Crippen LogP contribution < -0.4 is 15.8 Å². The van der Waals surface area contributed by atoms with E-state index in [1.54, 1.807) is 18.2 Å². The molecule has 0 aliphatic rings. The van der Waals surface area contributed by atoms with Crippen molar-refractivity contribution >= 4 is 11.6 Å². The third-order valence-electron chi connectivity index (χ3n) is 3.55. The lowest BCUT2D eigenvalue weighted by atomic mass is 9.82. The zero-order valence-electron chi connectivity index (χ0n) is 12.4. The van der Waals surface area contributed by atoms with Gasteiger partial charge in [-0.25, -0.2) is 0 Å². The first-order chi connectivity index (χ1) is 8.77. The molecule has 0 saturated carbocycles. The molecular weight excluding hydrogens is 240 g/mol. The zero-order chi connectivity index (χ0) is 14.6. The van der Waals surface area contributed by atoms with Gasteiger partial charge in [0.15, 0.2) is 0 Å². The number of methoxy groups -OCH3 is 1. The van der Waals surface area contributed by atoms with Crippen LogP contribution in [0.1, 0.15) is 38.1 Å². The highest BCUT2D eigenvalue weighted by molar-refractivity contribution is 6.01. The number of ether oxygens (including phenoxy) is 1. The van der Waals surface area contributed by atoms with Gasteiger partial charge in [0, 0.05) is 12.2 Å². The van der Waals surface area contributed by atoms with Crippen LogP contribution in [0.4, 0.5) is 5.69 Å².